The molecule has 0 aliphatic heterocycles. The van der Waals surface area contributed by atoms with Crippen molar-refractivity contribution in [2.45, 2.75) is 0 Å². The molecule has 0 aromatic rings. The van der Waals surface area contributed by atoms with Crippen molar-refractivity contribution < 1.29 is 5.32 Å². The summed E-state index contributed by atoms with van der Waals surface area (Å²) in [6.07, 6.45) is 5.64. The van der Waals surface area contributed by atoms with Crippen molar-refractivity contribution in [3.05, 3.63) is 25.2 Å². The molecule has 3 heteroatoms. The summed E-state index contributed by atoms with van der Waals surface area (Å²) in [5, 5.41) is 2.03. The van der Waals surface area contributed by atoms with Gasteiger partial charge in [0, 0.05) is 13.6 Å². The van der Waals surface area contributed by atoms with Gasteiger partial charge in [0.05, 0.1) is 12.7 Å². The van der Waals surface area contributed by atoms with Gasteiger partial charge >= 0.3 is 0 Å². The van der Waals surface area contributed by atoms with E-state index >= 15 is 0 Å². The molecule has 0 amide bonds. The highest BCUT2D eigenvalue weighted by Gasteiger charge is 1.81. The molecule has 0 aliphatic rings. The van der Waals surface area contributed by atoms with Crippen molar-refractivity contribution in [1.29, 1.82) is 0 Å². The first-order valence-corrected chi connectivity index (χ1v) is 3.36. The summed E-state index contributed by atoms with van der Waals surface area (Å²) >= 11 is 0. The fourth-order valence-electron chi connectivity index (χ4n) is 0.450. The van der Waals surface area contributed by atoms with Gasteiger partial charge in [0.15, 0.2) is 0 Å². The van der Waals surface area contributed by atoms with Gasteiger partial charge in [-0.25, -0.2) is 0 Å². The lowest BCUT2D eigenvalue weighted by Crippen LogP contribution is -2.79. The molecular formula is C7H16N3+. The van der Waals surface area contributed by atoms with Crippen LogP contribution in [0.15, 0.2) is 25.2 Å². The second kappa shape index (κ2) is 6.32. The van der Waals surface area contributed by atoms with Crippen LogP contribution in [0.3, 0.4) is 0 Å². The molecule has 10 heavy (non-hydrogen) atoms. The van der Waals surface area contributed by atoms with Crippen LogP contribution in [-0.4, -0.2) is 25.0 Å². The first-order valence-electron chi connectivity index (χ1n) is 3.36. The zero-order valence-electron chi connectivity index (χ0n) is 6.46. The first-order chi connectivity index (χ1) is 4.81. The maximum absolute atomic E-state index is 5.28. The zero-order valence-corrected chi connectivity index (χ0v) is 6.46. The molecule has 0 atom stereocenters. The van der Waals surface area contributed by atoms with Crippen molar-refractivity contribution in [2.24, 2.45) is 5.73 Å². The number of rotatable bonds is 5. The van der Waals surface area contributed by atoms with Crippen LogP contribution in [0.4, 0.5) is 0 Å². The molecule has 0 unspecified atom stereocenters. The van der Waals surface area contributed by atoms with Gasteiger partial charge in [-0.3, -0.25) is 0 Å². The Morgan fingerprint density at radius 1 is 1.70 bits per heavy atom. The van der Waals surface area contributed by atoms with Gasteiger partial charge in [-0.15, -0.1) is 0 Å². The second-order valence-corrected chi connectivity index (χ2v) is 2.00. The highest BCUT2D eigenvalue weighted by molar-refractivity contribution is 4.78. The fourth-order valence-corrected chi connectivity index (χ4v) is 0.450. The SMILES string of the molecule is C=CN(C)C=C[NH2+]CCN. The van der Waals surface area contributed by atoms with Crippen molar-refractivity contribution in [1.82, 2.24) is 4.90 Å². The van der Waals surface area contributed by atoms with Crippen molar-refractivity contribution in [3.63, 3.8) is 0 Å². The van der Waals surface area contributed by atoms with Crippen LogP contribution in [0.5, 0.6) is 0 Å². The summed E-state index contributed by atoms with van der Waals surface area (Å²) in [5.41, 5.74) is 5.28. The largest absolute Gasteiger partial charge is 0.353 e. The molecule has 0 heterocycles. The van der Waals surface area contributed by atoms with Crippen molar-refractivity contribution in [2.75, 3.05) is 20.1 Å². The topological polar surface area (TPSA) is 45.9 Å². The average Bonchev–Trinajstić information content (AvgIpc) is 1.98. The zero-order chi connectivity index (χ0) is 7.82. The minimum atomic E-state index is 0.710. The predicted octanol–water partition coefficient (Wildman–Crippen LogP) is -0.945. The Hall–Kier alpha value is -0.800. The number of quaternary nitrogens is 1. The predicted molar refractivity (Wildman–Crippen MR) is 42.9 cm³/mol. The minimum absolute atomic E-state index is 0.710. The third kappa shape index (κ3) is 5.34. The van der Waals surface area contributed by atoms with E-state index in [1.54, 1.807) is 6.20 Å². The van der Waals surface area contributed by atoms with Crippen LogP contribution >= 0.6 is 0 Å². The number of nitrogens with two attached hydrogens (primary N) is 2. The molecule has 0 aromatic heterocycles. The molecule has 0 rings (SSSR count). The van der Waals surface area contributed by atoms with E-state index in [0.29, 0.717) is 6.54 Å². The molecular weight excluding hydrogens is 126 g/mol. The van der Waals surface area contributed by atoms with Gasteiger partial charge in [-0.1, -0.05) is 6.58 Å². The van der Waals surface area contributed by atoms with E-state index in [2.05, 4.69) is 6.58 Å². The smallest absolute Gasteiger partial charge is 0.109 e. The van der Waals surface area contributed by atoms with E-state index in [1.165, 1.54) is 0 Å². The molecule has 0 fully saturated rings. The normalized spacial score (nSPS) is 10.2. The van der Waals surface area contributed by atoms with Gasteiger partial charge in [-0.05, 0) is 6.20 Å². The summed E-state index contributed by atoms with van der Waals surface area (Å²) < 4.78 is 0. The van der Waals surface area contributed by atoms with E-state index in [-0.39, 0.29) is 0 Å². The summed E-state index contributed by atoms with van der Waals surface area (Å²) in [7, 11) is 1.93. The molecule has 0 radical (unpaired) electrons. The lowest BCUT2D eigenvalue weighted by molar-refractivity contribution is -0.585. The minimum Gasteiger partial charge on any atom is -0.353 e. The molecule has 0 spiro atoms. The van der Waals surface area contributed by atoms with Gasteiger partial charge < -0.3 is 16.0 Å². The van der Waals surface area contributed by atoms with Crippen LogP contribution in [-0.2, 0) is 0 Å². The van der Waals surface area contributed by atoms with Gasteiger partial charge in [0.1, 0.15) is 6.20 Å². The summed E-state index contributed by atoms with van der Waals surface area (Å²) in [4.78, 5) is 1.88. The molecule has 4 N–H and O–H groups in total. The Morgan fingerprint density at radius 2 is 2.40 bits per heavy atom. The molecule has 3 nitrogen and oxygen atoms in total. The van der Waals surface area contributed by atoms with Crippen LogP contribution in [0.2, 0.25) is 0 Å². The Morgan fingerprint density at radius 3 is 2.90 bits per heavy atom. The highest BCUT2D eigenvalue weighted by atomic mass is 15.1. The Kier molecular flexibility index (Phi) is 5.82. The molecule has 0 saturated heterocycles. The van der Waals surface area contributed by atoms with Crippen LogP contribution < -0.4 is 11.1 Å². The van der Waals surface area contributed by atoms with E-state index in [0.717, 1.165) is 6.54 Å². The Labute approximate surface area is 62.2 Å². The van der Waals surface area contributed by atoms with Crippen molar-refractivity contribution >= 4 is 0 Å². The Bertz CT molecular complexity index is 109. The molecule has 0 bridgehead atoms. The van der Waals surface area contributed by atoms with Gasteiger partial charge in [-0.2, -0.15) is 0 Å². The van der Waals surface area contributed by atoms with Crippen molar-refractivity contribution in [3.8, 4) is 0 Å². The lowest BCUT2D eigenvalue weighted by atomic mass is 10.6. The van der Waals surface area contributed by atoms with E-state index < -0.39 is 0 Å². The van der Waals surface area contributed by atoms with Gasteiger partial charge in [0.2, 0.25) is 0 Å². The first kappa shape index (κ1) is 9.20. The van der Waals surface area contributed by atoms with E-state index in [9.17, 15) is 0 Å². The van der Waals surface area contributed by atoms with Gasteiger partial charge in [0.25, 0.3) is 0 Å². The lowest BCUT2D eigenvalue weighted by Gasteiger charge is -2.02. The van der Waals surface area contributed by atoms with Crippen LogP contribution in [0.25, 0.3) is 0 Å². The molecule has 58 valence electrons. The van der Waals surface area contributed by atoms with E-state index in [1.807, 2.05) is 29.7 Å². The monoisotopic (exact) mass is 142 g/mol. The average molecular weight is 142 g/mol. The van der Waals surface area contributed by atoms with E-state index in [4.69, 9.17) is 5.73 Å². The molecule has 0 aliphatic carbocycles. The third-order valence-electron chi connectivity index (χ3n) is 1.08. The van der Waals surface area contributed by atoms with Crippen LogP contribution in [0.1, 0.15) is 0 Å². The number of nitrogens with zero attached hydrogens (tertiary/aromatic N) is 1. The summed E-state index contributed by atoms with van der Waals surface area (Å²) in [5.74, 6) is 0. The third-order valence-corrected chi connectivity index (χ3v) is 1.08. The maximum Gasteiger partial charge on any atom is 0.109 e. The summed E-state index contributed by atoms with van der Waals surface area (Å²) in [6.45, 7) is 5.24. The standard InChI is InChI=1S/C7H15N3/c1-3-10(2)7-6-9-5-4-8/h3,6-7,9H,1,4-5,8H2,2H3/p+1. The quantitative estimate of drug-likeness (QED) is 0.486. The number of hydrogen-bond acceptors (Lipinski definition) is 2. The second-order valence-electron chi connectivity index (χ2n) is 2.00. The number of hydrogen-bond donors (Lipinski definition) is 2. The molecule has 0 aromatic carbocycles. The summed E-state index contributed by atoms with van der Waals surface area (Å²) in [6, 6.07) is 0. The maximum atomic E-state index is 5.28. The fraction of sp³-hybridized carbons (Fsp3) is 0.429. The van der Waals surface area contributed by atoms with Crippen LogP contribution in [0, 0.1) is 0 Å². The Balaban J connectivity index is 3.26. The molecule has 0 saturated carbocycles. The highest BCUT2D eigenvalue weighted by Crippen LogP contribution is 1.77.